The summed E-state index contributed by atoms with van der Waals surface area (Å²) in [6.07, 6.45) is 1.75. The van der Waals surface area contributed by atoms with Crippen molar-refractivity contribution < 1.29 is 9.53 Å². The summed E-state index contributed by atoms with van der Waals surface area (Å²) in [5.41, 5.74) is 4.45. The van der Waals surface area contributed by atoms with E-state index in [2.05, 4.69) is 4.98 Å². The number of nitrogens with zero attached hydrogens (tertiary/aromatic N) is 1. The summed E-state index contributed by atoms with van der Waals surface area (Å²) in [4.78, 5) is 16.7. The molecule has 3 nitrogen and oxygen atoms in total. The van der Waals surface area contributed by atoms with Gasteiger partial charge >= 0.3 is 5.97 Å². The topological polar surface area (TPSA) is 39.2 Å². The summed E-state index contributed by atoms with van der Waals surface area (Å²) in [6, 6.07) is 15.4. The van der Waals surface area contributed by atoms with Crippen molar-refractivity contribution in [3.8, 4) is 0 Å². The average Bonchev–Trinajstić information content (AvgIpc) is 2.55. The van der Waals surface area contributed by atoms with Crippen LogP contribution in [0.4, 0.5) is 0 Å². The van der Waals surface area contributed by atoms with Gasteiger partial charge in [-0.15, -0.1) is 0 Å². The standard InChI is InChI=1S/C19H17NO2/c1-13-6-3-10-17(14(13)2)19(21)22-12-16-8-4-7-15-9-5-11-20-18(15)16/h3-11H,12H2,1-2H3. The van der Waals surface area contributed by atoms with E-state index in [9.17, 15) is 4.79 Å². The van der Waals surface area contributed by atoms with E-state index in [1.165, 1.54) is 0 Å². The molecule has 0 N–H and O–H groups in total. The zero-order chi connectivity index (χ0) is 15.5. The van der Waals surface area contributed by atoms with Crippen molar-refractivity contribution in [1.29, 1.82) is 0 Å². The Morgan fingerprint density at radius 3 is 2.68 bits per heavy atom. The van der Waals surface area contributed by atoms with Gasteiger partial charge in [0.05, 0.1) is 11.1 Å². The van der Waals surface area contributed by atoms with Crippen LogP contribution in [0.2, 0.25) is 0 Å². The molecule has 0 radical (unpaired) electrons. The number of ether oxygens (including phenoxy) is 1. The highest BCUT2D eigenvalue weighted by molar-refractivity contribution is 5.91. The van der Waals surface area contributed by atoms with Crippen molar-refractivity contribution in [3.63, 3.8) is 0 Å². The minimum absolute atomic E-state index is 0.223. The van der Waals surface area contributed by atoms with Crippen molar-refractivity contribution in [2.24, 2.45) is 0 Å². The minimum atomic E-state index is -0.297. The third-order valence-corrected chi connectivity index (χ3v) is 3.90. The van der Waals surface area contributed by atoms with Crippen LogP contribution in [-0.2, 0) is 11.3 Å². The Morgan fingerprint density at radius 2 is 1.82 bits per heavy atom. The normalized spacial score (nSPS) is 10.6. The number of carbonyl (C=O) groups is 1. The van der Waals surface area contributed by atoms with Gasteiger partial charge in [-0.2, -0.15) is 0 Å². The summed E-state index contributed by atoms with van der Waals surface area (Å²) in [5.74, 6) is -0.297. The summed E-state index contributed by atoms with van der Waals surface area (Å²) < 4.78 is 5.48. The lowest BCUT2D eigenvalue weighted by Gasteiger charge is -2.10. The quantitative estimate of drug-likeness (QED) is 0.679. The second-order valence-corrected chi connectivity index (χ2v) is 5.32. The number of pyridine rings is 1. The van der Waals surface area contributed by atoms with Gasteiger partial charge in [0.2, 0.25) is 0 Å². The molecule has 0 spiro atoms. The third-order valence-electron chi connectivity index (χ3n) is 3.90. The lowest BCUT2D eigenvalue weighted by atomic mass is 10.0. The van der Waals surface area contributed by atoms with Crippen LogP contribution in [-0.4, -0.2) is 11.0 Å². The average molecular weight is 291 g/mol. The molecule has 0 aliphatic carbocycles. The van der Waals surface area contributed by atoms with Gasteiger partial charge in [0.15, 0.2) is 0 Å². The van der Waals surface area contributed by atoms with Crippen molar-refractivity contribution in [3.05, 3.63) is 77.0 Å². The lowest BCUT2D eigenvalue weighted by molar-refractivity contribution is 0.0473. The van der Waals surface area contributed by atoms with E-state index >= 15 is 0 Å². The summed E-state index contributed by atoms with van der Waals surface area (Å²) in [6.45, 7) is 4.15. The molecule has 0 fully saturated rings. The van der Waals surface area contributed by atoms with E-state index in [0.29, 0.717) is 5.56 Å². The molecule has 110 valence electrons. The molecule has 0 atom stereocenters. The summed E-state index contributed by atoms with van der Waals surface area (Å²) in [7, 11) is 0. The SMILES string of the molecule is Cc1cccc(C(=O)OCc2cccc3cccnc23)c1C. The molecule has 1 heterocycles. The first-order chi connectivity index (χ1) is 10.7. The van der Waals surface area contributed by atoms with E-state index in [-0.39, 0.29) is 12.6 Å². The Balaban J connectivity index is 1.82. The van der Waals surface area contributed by atoms with Crippen molar-refractivity contribution in [2.75, 3.05) is 0 Å². The second-order valence-electron chi connectivity index (χ2n) is 5.32. The maximum absolute atomic E-state index is 12.3. The smallest absolute Gasteiger partial charge is 0.338 e. The number of para-hydroxylation sites is 1. The Hall–Kier alpha value is -2.68. The Bertz CT molecular complexity index is 834. The number of rotatable bonds is 3. The van der Waals surface area contributed by atoms with Crippen LogP contribution in [0.5, 0.6) is 0 Å². The summed E-state index contributed by atoms with van der Waals surface area (Å²) in [5, 5.41) is 1.04. The first-order valence-corrected chi connectivity index (χ1v) is 7.23. The van der Waals surface area contributed by atoms with Crippen LogP contribution in [0.3, 0.4) is 0 Å². The van der Waals surface area contributed by atoms with Crippen molar-refractivity contribution >= 4 is 16.9 Å². The van der Waals surface area contributed by atoms with Crippen molar-refractivity contribution in [2.45, 2.75) is 20.5 Å². The molecule has 3 rings (SSSR count). The van der Waals surface area contributed by atoms with E-state index in [4.69, 9.17) is 4.74 Å². The minimum Gasteiger partial charge on any atom is -0.457 e. The molecular formula is C19H17NO2. The highest BCUT2D eigenvalue weighted by atomic mass is 16.5. The van der Waals surface area contributed by atoms with E-state index < -0.39 is 0 Å². The zero-order valence-electron chi connectivity index (χ0n) is 12.7. The predicted molar refractivity (Wildman–Crippen MR) is 86.8 cm³/mol. The first kappa shape index (κ1) is 14.3. The molecule has 0 bridgehead atoms. The molecule has 3 heteroatoms. The van der Waals surface area contributed by atoms with Gasteiger partial charge < -0.3 is 4.74 Å². The number of benzene rings is 2. The molecule has 22 heavy (non-hydrogen) atoms. The molecule has 2 aromatic carbocycles. The van der Waals surface area contributed by atoms with Crippen LogP contribution >= 0.6 is 0 Å². The number of hydrogen-bond acceptors (Lipinski definition) is 3. The molecule has 3 aromatic rings. The lowest BCUT2D eigenvalue weighted by Crippen LogP contribution is -2.08. The molecular weight excluding hydrogens is 274 g/mol. The van der Waals surface area contributed by atoms with Crippen molar-refractivity contribution in [1.82, 2.24) is 4.98 Å². The fourth-order valence-corrected chi connectivity index (χ4v) is 2.48. The molecule has 0 saturated heterocycles. The number of esters is 1. The number of hydrogen-bond donors (Lipinski definition) is 0. The van der Waals surface area contributed by atoms with Gasteiger partial charge in [0.25, 0.3) is 0 Å². The molecule has 1 aromatic heterocycles. The number of aromatic nitrogens is 1. The first-order valence-electron chi connectivity index (χ1n) is 7.23. The van der Waals surface area contributed by atoms with Gasteiger partial charge in [-0.3, -0.25) is 4.98 Å². The highest BCUT2D eigenvalue weighted by Crippen LogP contribution is 2.18. The maximum Gasteiger partial charge on any atom is 0.338 e. The zero-order valence-corrected chi connectivity index (χ0v) is 12.7. The molecule has 0 aliphatic heterocycles. The predicted octanol–water partition coefficient (Wildman–Crippen LogP) is 4.21. The Kier molecular flexibility index (Phi) is 3.88. The van der Waals surface area contributed by atoms with Crippen LogP contribution in [0, 0.1) is 13.8 Å². The molecule has 0 saturated carbocycles. The maximum atomic E-state index is 12.3. The number of carbonyl (C=O) groups excluding carboxylic acids is 1. The second kappa shape index (κ2) is 5.98. The molecule has 0 aliphatic rings. The Morgan fingerprint density at radius 1 is 1.05 bits per heavy atom. The van der Waals surface area contributed by atoms with Gasteiger partial charge in [-0.1, -0.05) is 36.4 Å². The fraction of sp³-hybridized carbons (Fsp3) is 0.158. The monoisotopic (exact) mass is 291 g/mol. The van der Waals surface area contributed by atoms with E-state index in [1.807, 2.05) is 56.3 Å². The van der Waals surface area contributed by atoms with Gasteiger partial charge in [0, 0.05) is 17.1 Å². The molecule has 0 amide bonds. The summed E-state index contributed by atoms with van der Waals surface area (Å²) >= 11 is 0. The van der Waals surface area contributed by atoms with E-state index in [1.54, 1.807) is 12.3 Å². The largest absolute Gasteiger partial charge is 0.457 e. The van der Waals surface area contributed by atoms with Gasteiger partial charge in [-0.25, -0.2) is 4.79 Å². The van der Waals surface area contributed by atoms with E-state index in [0.717, 1.165) is 27.6 Å². The van der Waals surface area contributed by atoms with Gasteiger partial charge in [-0.05, 0) is 37.1 Å². The molecule has 0 unspecified atom stereocenters. The van der Waals surface area contributed by atoms with Gasteiger partial charge in [0.1, 0.15) is 6.61 Å². The number of fused-ring (bicyclic) bond motifs is 1. The van der Waals surface area contributed by atoms with Crippen LogP contribution in [0.15, 0.2) is 54.7 Å². The fourth-order valence-electron chi connectivity index (χ4n) is 2.48. The van der Waals surface area contributed by atoms with Crippen LogP contribution in [0.1, 0.15) is 27.0 Å². The van der Waals surface area contributed by atoms with Crippen LogP contribution < -0.4 is 0 Å². The van der Waals surface area contributed by atoms with Crippen LogP contribution in [0.25, 0.3) is 10.9 Å². The Labute approximate surface area is 129 Å². The number of aryl methyl sites for hydroxylation is 1. The third kappa shape index (κ3) is 2.70. The highest BCUT2D eigenvalue weighted by Gasteiger charge is 2.12.